The molecule has 4 nitrogen and oxygen atoms in total. The Kier molecular flexibility index (Phi) is 4.37. The van der Waals surface area contributed by atoms with Crippen molar-refractivity contribution in [3.63, 3.8) is 0 Å². The summed E-state index contributed by atoms with van der Waals surface area (Å²) < 4.78 is 17.4. The van der Waals surface area contributed by atoms with Crippen LogP contribution in [-0.2, 0) is 0 Å². The van der Waals surface area contributed by atoms with Crippen LogP contribution >= 0.6 is 0 Å². The minimum atomic E-state index is -0.492. The van der Waals surface area contributed by atoms with E-state index in [4.69, 9.17) is 4.74 Å². The second-order valence-electron chi connectivity index (χ2n) is 5.20. The first-order valence-corrected chi connectivity index (χ1v) is 7.45. The highest BCUT2D eigenvalue weighted by atomic mass is 18.2. The lowest BCUT2D eigenvalue weighted by Gasteiger charge is -2.20. The molecule has 0 aliphatic heterocycles. The molecule has 0 spiro atoms. The van der Waals surface area contributed by atoms with Crippen LogP contribution in [0.1, 0.15) is 5.82 Å². The van der Waals surface area contributed by atoms with Crippen molar-refractivity contribution in [3.05, 3.63) is 54.4 Å². The van der Waals surface area contributed by atoms with Gasteiger partial charge in [-0.2, -0.15) is 0 Å². The van der Waals surface area contributed by atoms with Crippen LogP contribution in [0.15, 0.2) is 48.5 Å². The Morgan fingerprint density at radius 1 is 1.04 bits per heavy atom. The van der Waals surface area contributed by atoms with E-state index in [1.807, 2.05) is 67.4 Å². The molecule has 0 saturated heterocycles. The first-order valence-electron chi connectivity index (χ1n) is 7.45. The fourth-order valence-corrected chi connectivity index (χ4v) is 2.47. The summed E-state index contributed by atoms with van der Waals surface area (Å²) in [6.07, 6.45) is 0. The van der Waals surface area contributed by atoms with Gasteiger partial charge in [0.1, 0.15) is 30.7 Å². The molecule has 0 bridgehead atoms. The number of nitrogens with zero attached hydrogens (tertiary/aromatic N) is 3. The molecule has 3 aromatic rings. The first-order chi connectivity index (χ1) is 11.2. The van der Waals surface area contributed by atoms with Crippen molar-refractivity contribution in [1.29, 1.82) is 0 Å². The Balaban J connectivity index is 1.95. The van der Waals surface area contributed by atoms with Crippen LogP contribution in [0.25, 0.3) is 10.9 Å². The average Bonchev–Trinajstić information content (AvgIpc) is 2.59. The number of aromatic nitrogens is 2. The molecule has 0 atom stereocenters. The highest BCUT2D eigenvalue weighted by Crippen LogP contribution is 2.29. The van der Waals surface area contributed by atoms with Crippen LogP contribution in [-0.4, -0.2) is 30.3 Å². The fraction of sp³-hybridized carbons (Fsp3) is 0.222. The zero-order chi connectivity index (χ0) is 16.2. The second kappa shape index (κ2) is 6.60. The normalized spacial score (nSPS) is 10.7. The van der Waals surface area contributed by atoms with Gasteiger partial charge in [-0.3, -0.25) is 0 Å². The number of fused-ring (bicyclic) bond motifs is 1. The van der Waals surface area contributed by atoms with Crippen molar-refractivity contribution < 1.29 is 9.13 Å². The third-order valence-electron chi connectivity index (χ3n) is 3.58. The number of para-hydroxylation sites is 1. The lowest BCUT2D eigenvalue weighted by molar-refractivity contribution is 0.273. The molecule has 0 amide bonds. The minimum Gasteiger partial charge on any atom is -0.491 e. The standard InChI is InChI=1S/C18H18FN3O/c1-13-20-17-6-4-3-5-16(17)18(21-13)22(2)14-7-9-15(10-8-14)23-12-11-19/h3-10H,11-12H2,1-2H3/i19-1. The maximum absolute atomic E-state index is 12.1. The molecule has 5 heteroatoms. The van der Waals surface area contributed by atoms with Crippen molar-refractivity contribution in [2.24, 2.45) is 0 Å². The van der Waals surface area contributed by atoms with Crippen molar-refractivity contribution in [2.75, 3.05) is 25.2 Å². The third kappa shape index (κ3) is 3.23. The number of aryl methyl sites for hydroxylation is 1. The van der Waals surface area contributed by atoms with Crippen LogP contribution in [0.2, 0.25) is 0 Å². The quantitative estimate of drug-likeness (QED) is 0.712. The van der Waals surface area contributed by atoms with E-state index in [-0.39, 0.29) is 6.61 Å². The summed E-state index contributed by atoms with van der Waals surface area (Å²) in [4.78, 5) is 11.1. The third-order valence-corrected chi connectivity index (χ3v) is 3.58. The highest BCUT2D eigenvalue weighted by molar-refractivity contribution is 5.91. The predicted molar refractivity (Wildman–Crippen MR) is 90.3 cm³/mol. The number of hydrogen-bond donors (Lipinski definition) is 0. The van der Waals surface area contributed by atoms with Crippen molar-refractivity contribution in [3.8, 4) is 5.75 Å². The summed E-state index contributed by atoms with van der Waals surface area (Å²) in [5.74, 6) is 2.24. The number of alkyl halides is 1. The molecule has 23 heavy (non-hydrogen) atoms. The smallest absolute Gasteiger partial charge is 0.144 e. The highest BCUT2D eigenvalue weighted by Gasteiger charge is 2.11. The van der Waals surface area contributed by atoms with E-state index in [0.717, 1.165) is 28.2 Å². The van der Waals surface area contributed by atoms with Gasteiger partial charge in [0.15, 0.2) is 0 Å². The van der Waals surface area contributed by atoms with E-state index in [1.54, 1.807) is 0 Å². The summed E-state index contributed by atoms with van der Waals surface area (Å²) >= 11 is 0. The lowest BCUT2D eigenvalue weighted by Crippen LogP contribution is -2.13. The monoisotopic (exact) mass is 310 g/mol. The molecule has 0 aliphatic rings. The predicted octanol–water partition coefficient (Wildman–Crippen LogP) is 4.05. The first kappa shape index (κ1) is 15.2. The molecule has 0 saturated carbocycles. The van der Waals surface area contributed by atoms with Gasteiger partial charge in [0, 0.05) is 18.1 Å². The number of ether oxygens (including phenoxy) is 1. The van der Waals surface area contributed by atoms with Crippen LogP contribution in [0.5, 0.6) is 5.75 Å². The molecule has 118 valence electrons. The van der Waals surface area contributed by atoms with Gasteiger partial charge in [0.25, 0.3) is 0 Å². The Bertz CT molecular complexity index is 805. The van der Waals surface area contributed by atoms with Crippen molar-refractivity contribution in [2.45, 2.75) is 6.92 Å². The van der Waals surface area contributed by atoms with Gasteiger partial charge in [-0.25, -0.2) is 14.4 Å². The molecule has 1 heterocycles. The van der Waals surface area contributed by atoms with Gasteiger partial charge in [-0.1, -0.05) is 12.1 Å². The SMILES string of the molecule is Cc1nc(N(C)c2ccc(OCC[18F])cc2)c2ccccc2n1. The van der Waals surface area contributed by atoms with Crippen molar-refractivity contribution >= 4 is 22.4 Å². The summed E-state index contributed by atoms with van der Waals surface area (Å²) in [6, 6.07) is 15.5. The number of hydrogen-bond acceptors (Lipinski definition) is 4. The van der Waals surface area contributed by atoms with E-state index in [2.05, 4.69) is 9.97 Å². The molecule has 0 N–H and O–H groups in total. The zero-order valence-electron chi connectivity index (χ0n) is 13.2. The number of rotatable bonds is 5. The van der Waals surface area contributed by atoms with Crippen LogP contribution in [0.4, 0.5) is 15.9 Å². The van der Waals surface area contributed by atoms with Crippen LogP contribution < -0.4 is 9.64 Å². The Morgan fingerprint density at radius 2 is 1.78 bits per heavy atom. The fourth-order valence-electron chi connectivity index (χ4n) is 2.47. The summed E-state index contributed by atoms with van der Waals surface area (Å²) in [5, 5.41) is 0.998. The van der Waals surface area contributed by atoms with Crippen LogP contribution in [0, 0.1) is 6.92 Å². The molecule has 1 aromatic heterocycles. The van der Waals surface area contributed by atoms with E-state index in [0.29, 0.717) is 5.75 Å². The molecule has 2 aromatic carbocycles. The number of halogens is 1. The average molecular weight is 310 g/mol. The molecule has 0 aliphatic carbocycles. The van der Waals surface area contributed by atoms with E-state index in [9.17, 15) is 4.39 Å². The Morgan fingerprint density at radius 3 is 2.52 bits per heavy atom. The van der Waals surface area contributed by atoms with Crippen molar-refractivity contribution in [1.82, 2.24) is 9.97 Å². The maximum Gasteiger partial charge on any atom is 0.144 e. The lowest BCUT2D eigenvalue weighted by atomic mass is 10.2. The molecular formula is C18H18FN3O. The topological polar surface area (TPSA) is 38.2 Å². The van der Waals surface area contributed by atoms with Gasteiger partial charge in [0.2, 0.25) is 0 Å². The Hall–Kier alpha value is -2.69. The van der Waals surface area contributed by atoms with Crippen LogP contribution in [0.3, 0.4) is 0 Å². The minimum absolute atomic E-state index is 0.0743. The summed E-state index contributed by atoms with van der Waals surface area (Å²) in [6.45, 7) is 1.47. The van der Waals surface area contributed by atoms with Gasteiger partial charge < -0.3 is 9.64 Å². The van der Waals surface area contributed by atoms with Gasteiger partial charge in [-0.05, 0) is 43.3 Å². The van der Waals surface area contributed by atoms with E-state index in [1.165, 1.54) is 0 Å². The summed E-state index contributed by atoms with van der Waals surface area (Å²) in [7, 11) is 1.96. The molecular weight excluding hydrogens is 292 g/mol. The zero-order valence-corrected chi connectivity index (χ0v) is 13.2. The van der Waals surface area contributed by atoms with Gasteiger partial charge in [-0.15, -0.1) is 0 Å². The molecule has 0 unspecified atom stereocenters. The maximum atomic E-state index is 12.1. The van der Waals surface area contributed by atoms with E-state index >= 15 is 0 Å². The van der Waals surface area contributed by atoms with E-state index < -0.39 is 6.67 Å². The number of benzene rings is 2. The molecule has 0 fully saturated rings. The molecule has 0 radical (unpaired) electrons. The Labute approximate surface area is 134 Å². The number of anilines is 2. The molecule has 3 rings (SSSR count). The van der Waals surface area contributed by atoms with Gasteiger partial charge in [0.05, 0.1) is 5.52 Å². The largest absolute Gasteiger partial charge is 0.491 e. The summed E-state index contributed by atoms with van der Waals surface area (Å²) in [5.41, 5.74) is 1.89. The van der Waals surface area contributed by atoms with Gasteiger partial charge >= 0.3 is 0 Å². The second-order valence-corrected chi connectivity index (χ2v) is 5.20.